The number of carbonyl (C=O) groups is 2. The number of aryl methyl sites for hydroxylation is 2. The summed E-state index contributed by atoms with van der Waals surface area (Å²) in [5.41, 5.74) is 1.92. The number of carbonyl (C=O) groups excluding carboxylic acids is 2. The lowest BCUT2D eigenvalue weighted by atomic mass is 10.1. The number of hydrogen-bond donors (Lipinski definition) is 1. The smallest absolute Gasteiger partial charge is 0.338 e. The molecule has 0 atom stereocenters. The molecule has 0 unspecified atom stereocenters. The number of nitrogens with one attached hydrogen (secondary N) is 1. The number of anilines is 1. The van der Waals surface area contributed by atoms with Crippen LogP contribution >= 0.6 is 0 Å². The van der Waals surface area contributed by atoms with E-state index in [2.05, 4.69) is 5.32 Å². The molecule has 0 saturated heterocycles. The minimum Gasteiger partial charge on any atom is -0.452 e. The van der Waals surface area contributed by atoms with Crippen LogP contribution in [-0.4, -0.2) is 18.5 Å². The van der Waals surface area contributed by atoms with Gasteiger partial charge in [0.1, 0.15) is 11.6 Å². The minimum absolute atomic E-state index is 0.182. The second-order valence-electron chi connectivity index (χ2n) is 5.07. The first-order valence-electron chi connectivity index (χ1n) is 6.86. The molecule has 0 aliphatic carbocycles. The summed E-state index contributed by atoms with van der Waals surface area (Å²) in [7, 11) is 0. The maximum absolute atomic E-state index is 13.4. The van der Waals surface area contributed by atoms with Crippen molar-refractivity contribution >= 4 is 17.6 Å². The van der Waals surface area contributed by atoms with E-state index in [1.54, 1.807) is 19.1 Å². The van der Waals surface area contributed by atoms with Crippen molar-refractivity contribution in [1.29, 1.82) is 0 Å². The molecule has 0 bridgehead atoms. The van der Waals surface area contributed by atoms with Gasteiger partial charge in [0, 0.05) is 6.07 Å². The molecule has 2 rings (SSSR count). The van der Waals surface area contributed by atoms with Crippen molar-refractivity contribution in [3.63, 3.8) is 0 Å². The summed E-state index contributed by atoms with van der Waals surface area (Å²) in [4.78, 5) is 23.6. The molecule has 0 radical (unpaired) electrons. The third-order valence-corrected chi connectivity index (χ3v) is 3.14. The number of hydrogen-bond acceptors (Lipinski definition) is 3. The Morgan fingerprint density at radius 2 is 1.83 bits per heavy atom. The predicted molar refractivity (Wildman–Crippen MR) is 81.2 cm³/mol. The molecular formula is C17H15F2NO3. The molecule has 0 aromatic heterocycles. The Bertz CT molecular complexity index is 759. The molecule has 120 valence electrons. The van der Waals surface area contributed by atoms with Gasteiger partial charge in [0.05, 0.1) is 11.3 Å². The average Bonchev–Trinajstić information content (AvgIpc) is 2.48. The fourth-order valence-electron chi connectivity index (χ4n) is 2.03. The Balaban J connectivity index is 1.94. The van der Waals surface area contributed by atoms with Crippen LogP contribution in [0.25, 0.3) is 0 Å². The van der Waals surface area contributed by atoms with Crippen LogP contribution in [0.1, 0.15) is 21.5 Å². The largest absolute Gasteiger partial charge is 0.452 e. The first-order chi connectivity index (χ1) is 10.9. The van der Waals surface area contributed by atoms with Crippen molar-refractivity contribution in [1.82, 2.24) is 0 Å². The van der Waals surface area contributed by atoms with Crippen LogP contribution in [0.4, 0.5) is 14.5 Å². The van der Waals surface area contributed by atoms with E-state index < -0.39 is 30.1 Å². The van der Waals surface area contributed by atoms with Gasteiger partial charge in [0.2, 0.25) is 0 Å². The summed E-state index contributed by atoms with van der Waals surface area (Å²) in [5.74, 6) is -3.01. The van der Waals surface area contributed by atoms with Crippen LogP contribution in [0, 0.1) is 25.5 Å². The van der Waals surface area contributed by atoms with E-state index >= 15 is 0 Å². The van der Waals surface area contributed by atoms with Gasteiger partial charge in [-0.25, -0.2) is 13.6 Å². The maximum Gasteiger partial charge on any atom is 0.338 e. The molecule has 0 fully saturated rings. The lowest BCUT2D eigenvalue weighted by Gasteiger charge is -2.09. The third-order valence-electron chi connectivity index (χ3n) is 3.14. The highest BCUT2D eigenvalue weighted by Gasteiger charge is 2.14. The van der Waals surface area contributed by atoms with Crippen LogP contribution in [0.5, 0.6) is 0 Å². The molecule has 1 amide bonds. The number of esters is 1. The van der Waals surface area contributed by atoms with Gasteiger partial charge in [-0.05, 0) is 37.6 Å². The van der Waals surface area contributed by atoms with Gasteiger partial charge in [-0.3, -0.25) is 4.79 Å². The first kappa shape index (κ1) is 16.6. The molecule has 0 aliphatic heterocycles. The van der Waals surface area contributed by atoms with Crippen LogP contribution in [0.3, 0.4) is 0 Å². The molecule has 1 N–H and O–H groups in total. The number of halogens is 2. The quantitative estimate of drug-likeness (QED) is 0.879. The number of amides is 1. The van der Waals surface area contributed by atoms with E-state index in [9.17, 15) is 18.4 Å². The van der Waals surface area contributed by atoms with Crippen LogP contribution in [0.15, 0.2) is 36.4 Å². The summed E-state index contributed by atoms with van der Waals surface area (Å²) < 4.78 is 31.1. The predicted octanol–water partition coefficient (Wildman–Crippen LogP) is 3.38. The van der Waals surface area contributed by atoms with Crippen molar-refractivity contribution in [3.8, 4) is 0 Å². The molecule has 0 spiro atoms. The molecule has 2 aromatic rings. The summed E-state index contributed by atoms with van der Waals surface area (Å²) in [6, 6.07) is 7.96. The third kappa shape index (κ3) is 4.35. The Morgan fingerprint density at radius 1 is 1.09 bits per heavy atom. The maximum atomic E-state index is 13.4. The van der Waals surface area contributed by atoms with E-state index in [1.165, 1.54) is 0 Å². The first-order valence-corrected chi connectivity index (χ1v) is 6.86. The molecule has 0 aliphatic rings. The highest BCUT2D eigenvalue weighted by molar-refractivity contribution is 5.96. The second-order valence-corrected chi connectivity index (χ2v) is 5.07. The van der Waals surface area contributed by atoms with Crippen LogP contribution in [0.2, 0.25) is 0 Å². The second kappa shape index (κ2) is 7.00. The highest BCUT2D eigenvalue weighted by Crippen LogP contribution is 2.15. The summed E-state index contributed by atoms with van der Waals surface area (Å²) in [5, 5.41) is 2.21. The van der Waals surface area contributed by atoms with Gasteiger partial charge in [-0.2, -0.15) is 0 Å². The number of ether oxygens (including phenoxy) is 1. The zero-order valence-electron chi connectivity index (χ0n) is 12.7. The molecule has 2 aromatic carbocycles. The monoisotopic (exact) mass is 319 g/mol. The highest BCUT2D eigenvalue weighted by atomic mass is 19.1. The molecule has 0 heterocycles. The van der Waals surface area contributed by atoms with Gasteiger partial charge < -0.3 is 10.1 Å². The van der Waals surface area contributed by atoms with E-state index in [0.717, 1.165) is 23.3 Å². The fraction of sp³-hybridized carbons (Fsp3) is 0.176. The van der Waals surface area contributed by atoms with E-state index in [-0.39, 0.29) is 5.69 Å². The van der Waals surface area contributed by atoms with Crippen molar-refractivity contribution < 1.29 is 23.1 Å². The lowest BCUT2D eigenvalue weighted by molar-refractivity contribution is -0.119. The van der Waals surface area contributed by atoms with Gasteiger partial charge >= 0.3 is 5.97 Å². The zero-order chi connectivity index (χ0) is 17.0. The molecular weight excluding hydrogens is 304 g/mol. The molecule has 4 nitrogen and oxygen atoms in total. The van der Waals surface area contributed by atoms with Crippen LogP contribution < -0.4 is 5.32 Å². The standard InChI is InChI=1S/C17H15F2NO3/c1-10-3-5-13(11(2)7-10)17(22)23-9-16(21)20-15-6-4-12(18)8-14(15)19/h3-8H,9H2,1-2H3,(H,20,21). The SMILES string of the molecule is Cc1ccc(C(=O)OCC(=O)Nc2ccc(F)cc2F)c(C)c1. The summed E-state index contributed by atoms with van der Waals surface area (Å²) in [6.07, 6.45) is 0. The summed E-state index contributed by atoms with van der Waals surface area (Å²) >= 11 is 0. The Kier molecular flexibility index (Phi) is 5.05. The fourth-order valence-corrected chi connectivity index (χ4v) is 2.03. The van der Waals surface area contributed by atoms with Gasteiger partial charge in [-0.1, -0.05) is 17.7 Å². The Hall–Kier alpha value is -2.76. The van der Waals surface area contributed by atoms with Crippen molar-refractivity contribution in [2.45, 2.75) is 13.8 Å². The van der Waals surface area contributed by atoms with Gasteiger partial charge in [0.15, 0.2) is 6.61 Å². The molecule has 6 heteroatoms. The van der Waals surface area contributed by atoms with Crippen molar-refractivity contribution in [2.24, 2.45) is 0 Å². The van der Waals surface area contributed by atoms with Crippen LogP contribution in [-0.2, 0) is 9.53 Å². The lowest BCUT2D eigenvalue weighted by Crippen LogP contribution is -2.21. The normalized spacial score (nSPS) is 10.3. The summed E-state index contributed by atoms with van der Waals surface area (Å²) in [6.45, 7) is 3.09. The number of benzene rings is 2. The Morgan fingerprint density at radius 3 is 2.48 bits per heavy atom. The Labute approximate surface area is 132 Å². The van der Waals surface area contributed by atoms with Gasteiger partial charge in [0.25, 0.3) is 5.91 Å². The molecule has 23 heavy (non-hydrogen) atoms. The average molecular weight is 319 g/mol. The van der Waals surface area contributed by atoms with Gasteiger partial charge in [-0.15, -0.1) is 0 Å². The van der Waals surface area contributed by atoms with E-state index in [0.29, 0.717) is 11.6 Å². The van der Waals surface area contributed by atoms with Crippen molar-refractivity contribution in [2.75, 3.05) is 11.9 Å². The minimum atomic E-state index is -0.904. The topological polar surface area (TPSA) is 55.4 Å². The zero-order valence-corrected chi connectivity index (χ0v) is 12.7. The van der Waals surface area contributed by atoms with Crippen molar-refractivity contribution in [3.05, 3.63) is 64.7 Å². The molecule has 0 saturated carbocycles. The van der Waals surface area contributed by atoms with E-state index in [1.807, 2.05) is 13.0 Å². The van der Waals surface area contributed by atoms with E-state index in [4.69, 9.17) is 4.74 Å². The number of rotatable bonds is 4.